The molecular formula is C25H33F2N7O2. The molecule has 1 atom stereocenters. The predicted molar refractivity (Wildman–Crippen MR) is 137 cm³/mol. The summed E-state index contributed by atoms with van der Waals surface area (Å²) in [5, 5.41) is 2.69. The lowest BCUT2D eigenvalue weighted by atomic mass is 10.1. The first-order chi connectivity index (χ1) is 17.3. The van der Waals surface area contributed by atoms with E-state index in [1.165, 1.54) is 0 Å². The molecule has 1 unspecified atom stereocenters. The smallest absolute Gasteiger partial charge is 0.251 e. The number of nitrogens with zero attached hydrogens (tertiary/aromatic N) is 4. The number of anilines is 1. The zero-order valence-electron chi connectivity index (χ0n) is 20.6. The van der Waals surface area contributed by atoms with Crippen molar-refractivity contribution < 1.29 is 18.3 Å². The lowest BCUT2D eigenvalue weighted by Crippen LogP contribution is -2.37. The Kier molecular flexibility index (Phi) is 9.83. The van der Waals surface area contributed by atoms with E-state index in [4.69, 9.17) is 26.2 Å². The van der Waals surface area contributed by atoms with Gasteiger partial charge in [0.25, 0.3) is 5.91 Å². The van der Waals surface area contributed by atoms with Gasteiger partial charge in [-0.1, -0.05) is 0 Å². The van der Waals surface area contributed by atoms with E-state index in [0.717, 1.165) is 41.5 Å². The first-order valence-electron chi connectivity index (χ1n) is 12.0. The van der Waals surface area contributed by atoms with Gasteiger partial charge in [0.15, 0.2) is 0 Å². The summed E-state index contributed by atoms with van der Waals surface area (Å²) in [4.78, 5) is 28.5. The van der Waals surface area contributed by atoms with Gasteiger partial charge >= 0.3 is 0 Å². The van der Waals surface area contributed by atoms with Crippen molar-refractivity contribution in [2.45, 2.75) is 39.3 Å². The van der Waals surface area contributed by atoms with Crippen molar-refractivity contribution >= 4 is 28.8 Å². The third kappa shape index (κ3) is 7.05. The van der Waals surface area contributed by atoms with Gasteiger partial charge in [0.05, 0.1) is 29.7 Å². The normalized spacial score (nSPS) is 18.7. The molecule has 1 aromatic carbocycles. The van der Waals surface area contributed by atoms with E-state index in [0.29, 0.717) is 39.3 Å². The summed E-state index contributed by atoms with van der Waals surface area (Å²) in [7, 11) is 0. The molecule has 0 saturated carbocycles. The van der Waals surface area contributed by atoms with E-state index in [-0.39, 0.29) is 18.2 Å². The van der Waals surface area contributed by atoms with Crippen LogP contribution in [0.2, 0.25) is 0 Å². The summed E-state index contributed by atoms with van der Waals surface area (Å²) in [5.41, 5.74) is 12.8. The van der Waals surface area contributed by atoms with Crippen LogP contribution in [0.25, 0.3) is 0 Å². The molecule has 194 valence electrons. The van der Waals surface area contributed by atoms with Crippen LogP contribution in [0.1, 0.15) is 42.7 Å². The zero-order valence-corrected chi connectivity index (χ0v) is 20.6. The molecule has 2 aromatic rings. The van der Waals surface area contributed by atoms with Crippen molar-refractivity contribution in [3.05, 3.63) is 53.4 Å². The summed E-state index contributed by atoms with van der Waals surface area (Å²) in [5.74, 6) is -1.70. The fourth-order valence-electron chi connectivity index (χ4n) is 3.75. The second-order valence-electron chi connectivity index (χ2n) is 8.37. The van der Waals surface area contributed by atoms with Crippen LogP contribution < -0.4 is 16.8 Å². The molecule has 11 heteroatoms. The minimum absolute atomic E-state index is 0.113. The van der Waals surface area contributed by atoms with Crippen molar-refractivity contribution in [2.75, 3.05) is 38.6 Å². The fourth-order valence-corrected chi connectivity index (χ4v) is 3.75. The number of nitrogens with two attached hydrogens (primary N) is 2. The number of rotatable bonds is 10. The number of nitrogens with one attached hydrogen (secondary N) is 1. The molecule has 0 fully saturated rings. The summed E-state index contributed by atoms with van der Waals surface area (Å²) >= 11 is 0. The molecule has 36 heavy (non-hydrogen) atoms. The van der Waals surface area contributed by atoms with Crippen LogP contribution in [0.15, 0.2) is 40.4 Å². The number of aromatic nitrogens is 1. The number of halogens is 2. The third-order valence-electron chi connectivity index (χ3n) is 5.79. The van der Waals surface area contributed by atoms with Crippen LogP contribution in [0.5, 0.6) is 0 Å². The van der Waals surface area contributed by atoms with Crippen LogP contribution in [-0.4, -0.2) is 66.2 Å². The SMILES string of the molecule is CCOC/C1=N/C(C)/C(CN)=N\c2cccnc2CN1CCCCNC(=O)c1cc(F)c(N)c(F)c1. The minimum atomic E-state index is -0.959. The van der Waals surface area contributed by atoms with E-state index in [9.17, 15) is 13.6 Å². The number of pyridine rings is 1. The number of nitrogen functional groups attached to an aromatic ring is 1. The molecule has 9 nitrogen and oxygen atoms in total. The summed E-state index contributed by atoms with van der Waals surface area (Å²) < 4.78 is 33.0. The van der Waals surface area contributed by atoms with Gasteiger partial charge in [-0.05, 0) is 51.0 Å². The maximum absolute atomic E-state index is 13.7. The number of ether oxygens (including phenoxy) is 1. The molecule has 0 spiro atoms. The Hall–Kier alpha value is -3.44. The molecule has 2 heterocycles. The molecule has 0 bridgehead atoms. The zero-order chi connectivity index (χ0) is 26.1. The number of fused-ring (bicyclic) bond motifs is 1. The second-order valence-corrected chi connectivity index (χ2v) is 8.37. The Morgan fingerprint density at radius 3 is 2.72 bits per heavy atom. The van der Waals surface area contributed by atoms with E-state index in [1.807, 2.05) is 26.0 Å². The van der Waals surface area contributed by atoms with Crippen molar-refractivity contribution in [2.24, 2.45) is 15.7 Å². The first kappa shape index (κ1) is 27.2. The van der Waals surface area contributed by atoms with Gasteiger partial charge in [0.1, 0.15) is 29.8 Å². The third-order valence-corrected chi connectivity index (χ3v) is 5.79. The number of hydrogen-bond donors (Lipinski definition) is 3. The van der Waals surface area contributed by atoms with Crippen LogP contribution in [0.4, 0.5) is 20.2 Å². The Morgan fingerprint density at radius 1 is 1.28 bits per heavy atom. The van der Waals surface area contributed by atoms with Gasteiger partial charge in [-0.15, -0.1) is 0 Å². The molecule has 1 amide bonds. The highest BCUT2D eigenvalue weighted by Gasteiger charge is 2.20. The molecular weight excluding hydrogens is 468 g/mol. The second kappa shape index (κ2) is 13.0. The van der Waals surface area contributed by atoms with E-state index in [1.54, 1.807) is 6.20 Å². The van der Waals surface area contributed by atoms with Gasteiger partial charge < -0.3 is 26.4 Å². The fraction of sp³-hybridized carbons (Fsp3) is 0.440. The highest BCUT2D eigenvalue weighted by Crippen LogP contribution is 2.22. The highest BCUT2D eigenvalue weighted by atomic mass is 19.1. The predicted octanol–water partition coefficient (Wildman–Crippen LogP) is 2.82. The van der Waals surface area contributed by atoms with Crippen LogP contribution in [0, 0.1) is 11.6 Å². The van der Waals surface area contributed by atoms with Crippen LogP contribution in [-0.2, 0) is 11.3 Å². The topological polar surface area (TPSA) is 131 Å². The molecule has 1 aliphatic rings. The number of unbranched alkanes of at least 4 members (excludes halogenated alkanes) is 1. The number of hydrogen-bond acceptors (Lipinski definition) is 8. The molecule has 5 N–H and O–H groups in total. The average molecular weight is 502 g/mol. The Morgan fingerprint density at radius 2 is 2.03 bits per heavy atom. The van der Waals surface area contributed by atoms with E-state index in [2.05, 4.69) is 15.2 Å². The number of carbonyl (C=O) groups is 1. The number of amides is 1. The Bertz CT molecular complexity index is 1100. The van der Waals surface area contributed by atoms with Crippen LogP contribution >= 0.6 is 0 Å². The Labute approximate surface area is 209 Å². The van der Waals surface area contributed by atoms with Crippen molar-refractivity contribution in [1.29, 1.82) is 0 Å². The van der Waals surface area contributed by atoms with Crippen molar-refractivity contribution in [3.8, 4) is 0 Å². The van der Waals surface area contributed by atoms with Crippen molar-refractivity contribution in [3.63, 3.8) is 0 Å². The van der Waals surface area contributed by atoms with Gasteiger partial charge in [0, 0.05) is 38.0 Å². The molecule has 1 aliphatic heterocycles. The average Bonchev–Trinajstić information content (AvgIpc) is 2.92. The van der Waals surface area contributed by atoms with Gasteiger partial charge in [0.2, 0.25) is 0 Å². The quantitative estimate of drug-likeness (QED) is 0.339. The lowest BCUT2D eigenvalue weighted by Gasteiger charge is -2.27. The number of aliphatic imine (C=N–C) groups is 2. The summed E-state index contributed by atoms with van der Waals surface area (Å²) in [6.07, 6.45) is 3.09. The van der Waals surface area contributed by atoms with E-state index >= 15 is 0 Å². The maximum Gasteiger partial charge on any atom is 0.251 e. The molecule has 0 radical (unpaired) electrons. The van der Waals surface area contributed by atoms with Gasteiger partial charge in [-0.2, -0.15) is 0 Å². The lowest BCUT2D eigenvalue weighted by molar-refractivity contribution is 0.0952. The Balaban J connectivity index is 1.67. The largest absolute Gasteiger partial charge is 0.394 e. The standard InChI is InChI=1S/C25H33F2N7O2/c1-3-36-15-23-32-16(2)21(13-28)33-20-7-6-9-30-22(20)14-34(23)10-5-4-8-31-25(35)17-11-18(26)24(29)19(27)12-17/h6-7,9,11-12,16H,3-5,8,10,13-15,28-29H2,1-2H3,(H,31,35)/b32-23-,33-21-. The molecule has 1 aromatic heterocycles. The number of carbonyl (C=O) groups excluding carboxylic acids is 1. The number of benzene rings is 1. The summed E-state index contributed by atoms with van der Waals surface area (Å²) in [6, 6.07) is 5.38. The maximum atomic E-state index is 13.7. The van der Waals surface area contributed by atoms with Crippen molar-refractivity contribution in [1.82, 2.24) is 15.2 Å². The molecule has 0 aliphatic carbocycles. The molecule has 0 saturated heterocycles. The monoisotopic (exact) mass is 501 g/mol. The van der Waals surface area contributed by atoms with Gasteiger partial charge in [-0.3, -0.25) is 19.8 Å². The van der Waals surface area contributed by atoms with E-state index < -0.39 is 23.2 Å². The molecule has 3 rings (SSSR count). The first-order valence-corrected chi connectivity index (χ1v) is 12.0. The summed E-state index contributed by atoms with van der Waals surface area (Å²) in [6.45, 7) is 6.51. The van der Waals surface area contributed by atoms with Gasteiger partial charge in [-0.25, -0.2) is 8.78 Å². The number of amidine groups is 1. The minimum Gasteiger partial charge on any atom is -0.394 e. The highest BCUT2D eigenvalue weighted by molar-refractivity contribution is 5.96. The van der Waals surface area contributed by atoms with Crippen LogP contribution in [0.3, 0.4) is 0 Å².